The second kappa shape index (κ2) is 5.45. The Morgan fingerprint density at radius 1 is 1.44 bits per heavy atom. The lowest BCUT2D eigenvalue weighted by atomic mass is 10.3. The Labute approximate surface area is 145 Å². The van der Waals surface area contributed by atoms with Crippen LogP contribution in [0, 0.1) is 5.92 Å². The van der Waals surface area contributed by atoms with Crippen LogP contribution in [0.5, 0.6) is 0 Å². The summed E-state index contributed by atoms with van der Waals surface area (Å²) in [5, 5.41) is 18.4. The highest BCUT2D eigenvalue weighted by Gasteiger charge is 2.45. The Morgan fingerprint density at radius 3 is 2.92 bits per heavy atom. The monoisotopic (exact) mass is 362 g/mol. The molecule has 2 aliphatic rings. The summed E-state index contributed by atoms with van der Waals surface area (Å²) in [6.07, 6.45) is 2.38. The lowest BCUT2D eigenvalue weighted by Crippen LogP contribution is -2.34. The van der Waals surface area contributed by atoms with E-state index in [-0.39, 0.29) is 22.6 Å². The van der Waals surface area contributed by atoms with E-state index >= 15 is 0 Å². The number of nitrogens with one attached hydrogen (secondary N) is 2. The molecule has 1 saturated carbocycles. The van der Waals surface area contributed by atoms with Gasteiger partial charge >= 0.3 is 12.1 Å². The van der Waals surface area contributed by atoms with Crippen LogP contribution in [0.1, 0.15) is 6.42 Å². The van der Waals surface area contributed by atoms with Gasteiger partial charge in [-0.25, -0.2) is 14.6 Å². The quantitative estimate of drug-likeness (QED) is 0.424. The lowest BCUT2D eigenvalue weighted by molar-refractivity contribution is -0.115. The number of carbonyl (C=O) groups is 3. The minimum absolute atomic E-state index is 0.125. The van der Waals surface area contributed by atoms with Gasteiger partial charge in [0.2, 0.25) is 0 Å². The van der Waals surface area contributed by atoms with Gasteiger partial charge in [-0.3, -0.25) is 15.0 Å². The Hall–Kier alpha value is -3.14. The van der Waals surface area contributed by atoms with Crippen LogP contribution in [0.25, 0.3) is 5.65 Å². The van der Waals surface area contributed by atoms with Gasteiger partial charge in [0.25, 0.3) is 5.91 Å². The molecule has 1 aliphatic heterocycles. The molecule has 10 nitrogen and oxygen atoms in total. The van der Waals surface area contributed by atoms with Gasteiger partial charge in [0.1, 0.15) is 16.7 Å². The first-order chi connectivity index (χ1) is 11.9. The van der Waals surface area contributed by atoms with Crippen LogP contribution >= 0.6 is 11.6 Å². The first-order valence-corrected chi connectivity index (χ1v) is 7.68. The summed E-state index contributed by atoms with van der Waals surface area (Å²) >= 11 is 5.98. The minimum Gasteiger partial charge on any atom is -0.465 e. The number of nitrogens with zero attached hydrogens (tertiary/aromatic N) is 4. The molecule has 128 valence electrons. The normalized spacial score (nSPS) is 23.6. The maximum atomic E-state index is 11.8. The minimum atomic E-state index is -1.18. The standard InChI is InChI=1S/C14H11ClN6O4/c15-9-5-11(21-10(18-9)1-2-16-21)20(14(24)25)8-4-6(8)3-7-12(22)19-13(23)17-7/h1-3,5-6,8H,4H2,(H,24,25)(H2,17,19,22,23). The Balaban J connectivity index is 1.66. The summed E-state index contributed by atoms with van der Waals surface area (Å²) in [5.41, 5.74) is 0.548. The third-order valence-electron chi connectivity index (χ3n) is 4.00. The molecule has 0 radical (unpaired) electrons. The maximum absolute atomic E-state index is 11.8. The highest BCUT2D eigenvalue weighted by atomic mass is 35.5. The van der Waals surface area contributed by atoms with Gasteiger partial charge in [-0.05, 0) is 12.5 Å². The van der Waals surface area contributed by atoms with Gasteiger partial charge in [-0.15, -0.1) is 0 Å². The van der Waals surface area contributed by atoms with E-state index in [0.717, 1.165) is 4.90 Å². The molecule has 1 saturated heterocycles. The van der Waals surface area contributed by atoms with Crippen molar-refractivity contribution in [2.75, 3.05) is 4.90 Å². The predicted molar refractivity (Wildman–Crippen MR) is 85.2 cm³/mol. The van der Waals surface area contributed by atoms with Crippen molar-refractivity contribution >= 4 is 41.1 Å². The van der Waals surface area contributed by atoms with Crippen molar-refractivity contribution in [2.24, 2.45) is 5.92 Å². The number of carbonyl (C=O) groups excluding carboxylic acids is 2. The average molecular weight is 363 g/mol. The third-order valence-corrected chi connectivity index (χ3v) is 4.19. The van der Waals surface area contributed by atoms with E-state index in [4.69, 9.17) is 11.6 Å². The maximum Gasteiger partial charge on any atom is 0.413 e. The predicted octanol–water partition coefficient (Wildman–Crippen LogP) is 0.979. The largest absolute Gasteiger partial charge is 0.465 e. The zero-order valence-corrected chi connectivity index (χ0v) is 13.3. The van der Waals surface area contributed by atoms with E-state index in [0.29, 0.717) is 12.1 Å². The fourth-order valence-corrected chi connectivity index (χ4v) is 3.02. The van der Waals surface area contributed by atoms with Crippen molar-refractivity contribution in [3.63, 3.8) is 0 Å². The fourth-order valence-electron chi connectivity index (χ4n) is 2.84. The molecular weight excluding hydrogens is 352 g/mol. The molecule has 4 rings (SSSR count). The number of aromatic nitrogens is 3. The van der Waals surface area contributed by atoms with Crippen molar-refractivity contribution in [3.8, 4) is 0 Å². The van der Waals surface area contributed by atoms with E-state index in [2.05, 4.69) is 20.7 Å². The van der Waals surface area contributed by atoms with Gasteiger partial charge in [0.15, 0.2) is 5.65 Å². The second-order valence-electron chi connectivity index (χ2n) is 5.65. The lowest BCUT2D eigenvalue weighted by Gasteiger charge is -2.20. The molecule has 0 bridgehead atoms. The summed E-state index contributed by atoms with van der Waals surface area (Å²) in [4.78, 5) is 39.7. The Kier molecular flexibility index (Phi) is 3.35. The molecule has 25 heavy (non-hydrogen) atoms. The van der Waals surface area contributed by atoms with E-state index in [1.165, 1.54) is 16.8 Å². The summed E-state index contributed by atoms with van der Waals surface area (Å²) in [6, 6.07) is 2.03. The van der Waals surface area contributed by atoms with Crippen LogP contribution < -0.4 is 15.5 Å². The van der Waals surface area contributed by atoms with Crippen molar-refractivity contribution in [3.05, 3.63) is 35.3 Å². The zero-order valence-electron chi connectivity index (χ0n) is 12.5. The number of urea groups is 1. The molecule has 1 aliphatic carbocycles. The summed E-state index contributed by atoms with van der Waals surface area (Å²) in [5.74, 6) is -0.481. The number of anilines is 1. The summed E-state index contributed by atoms with van der Waals surface area (Å²) in [6.45, 7) is 0. The van der Waals surface area contributed by atoms with Crippen LogP contribution in [-0.4, -0.2) is 43.8 Å². The molecule has 0 aromatic carbocycles. The average Bonchev–Trinajstić information content (AvgIpc) is 2.95. The van der Waals surface area contributed by atoms with Crippen molar-refractivity contribution in [2.45, 2.75) is 12.5 Å². The van der Waals surface area contributed by atoms with E-state index in [9.17, 15) is 19.5 Å². The van der Waals surface area contributed by atoms with Crippen LogP contribution in [-0.2, 0) is 4.79 Å². The Bertz CT molecular complexity index is 954. The molecule has 11 heteroatoms. The van der Waals surface area contributed by atoms with Gasteiger partial charge in [0.05, 0.1) is 6.20 Å². The number of amides is 4. The number of halogens is 1. The van der Waals surface area contributed by atoms with Crippen LogP contribution in [0.3, 0.4) is 0 Å². The van der Waals surface area contributed by atoms with Crippen molar-refractivity contribution in [1.82, 2.24) is 25.2 Å². The zero-order chi connectivity index (χ0) is 17.7. The fraction of sp³-hybridized carbons (Fsp3) is 0.214. The Morgan fingerprint density at radius 2 is 2.24 bits per heavy atom. The van der Waals surface area contributed by atoms with E-state index in [1.54, 1.807) is 12.1 Å². The second-order valence-corrected chi connectivity index (χ2v) is 6.03. The van der Waals surface area contributed by atoms with Gasteiger partial charge in [0, 0.05) is 24.1 Å². The van der Waals surface area contributed by atoms with Gasteiger partial charge < -0.3 is 10.4 Å². The molecule has 2 aromatic heterocycles. The van der Waals surface area contributed by atoms with Crippen LogP contribution in [0.2, 0.25) is 5.15 Å². The molecule has 4 amide bonds. The molecule has 3 heterocycles. The number of fused-ring (bicyclic) bond motifs is 1. The smallest absolute Gasteiger partial charge is 0.413 e. The van der Waals surface area contributed by atoms with Crippen molar-refractivity contribution < 1.29 is 19.5 Å². The molecular formula is C14H11ClN6O4. The third kappa shape index (κ3) is 2.66. The van der Waals surface area contributed by atoms with Gasteiger partial charge in [-0.2, -0.15) is 9.61 Å². The van der Waals surface area contributed by atoms with E-state index < -0.39 is 24.1 Å². The topological polar surface area (TPSA) is 129 Å². The van der Waals surface area contributed by atoms with Crippen LogP contribution in [0.4, 0.5) is 15.4 Å². The van der Waals surface area contributed by atoms with Crippen LogP contribution in [0.15, 0.2) is 30.1 Å². The van der Waals surface area contributed by atoms with E-state index in [1.807, 2.05) is 0 Å². The summed E-state index contributed by atoms with van der Waals surface area (Å²) < 4.78 is 1.38. The summed E-state index contributed by atoms with van der Waals surface area (Å²) in [7, 11) is 0. The molecule has 2 atom stereocenters. The molecule has 2 unspecified atom stereocenters. The molecule has 2 fully saturated rings. The molecule has 3 N–H and O–H groups in total. The first-order valence-electron chi connectivity index (χ1n) is 7.30. The number of hydrogen-bond donors (Lipinski definition) is 3. The van der Waals surface area contributed by atoms with Gasteiger partial charge in [-0.1, -0.05) is 11.6 Å². The SMILES string of the molecule is O=C1NC(=O)C(=CC2CC2N(C(=O)O)c2cc(Cl)nc3ccnn23)N1. The molecule has 2 aromatic rings. The first kappa shape index (κ1) is 15.4. The van der Waals surface area contributed by atoms with Crippen molar-refractivity contribution in [1.29, 1.82) is 0 Å². The number of imide groups is 1. The molecule has 0 spiro atoms. The number of carboxylic acid groups (broad SMARTS) is 1. The highest BCUT2D eigenvalue weighted by molar-refractivity contribution is 6.29. The number of rotatable bonds is 3. The highest BCUT2D eigenvalue weighted by Crippen LogP contribution is 2.40. The number of hydrogen-bond acceptors (Lipinski definition) is 5.